The highest BCUT2D eigenvalue weighted by molar-refractivity contribution is 6.00. The van der Waals surface area contributed by atoms with Crippen LogP contribution in [0.25, 0.3) is 22.0 Å². The molecule has 2 aromatic heterocycles. The predicted molar refractivity (Wildman–Crippen MR) is 109 cm³/mol. The second kappa shape index (κ2) is 6.81. The minimum Gasteiger partial charge on any atom is -0.331 e. The van der Waals surface area contributed by atoms with Crippen LogP contribution in [0.15, 0.2) is 67.1 Å². The Bertz CT molecular complexity index is 1150. The van der Waals surface area contributed by atoms with Crippen molar-refractivity contribution < 1.29 is 4.79 Å². The molecule has 0 saturated heterocycles. The van der Waals surface area contributed by atoms with Crippen LogP contribution < -0.4 is 10.6 Å². The second-order valence-electron chi connectivity index (χ2n) is 6.94. The quantitative estimate of drug-likeness (QED) is 0.499. The Labute approximate surface area is 162 Å². The van der Waals surface area contributed by atoms with Gasteiger partial charge in [-0.3, -0.25) is 10.1 Å². The third-order valence-corrected chi connectivity index (χ3v) is 5.28. The molecule has 2 heterocycles. The molecule has 1 aliphatic rings. The van der Waals surface area contributed by atoms with Crippen molar-refractivity contribution in [2.45, 2.75) is 18.9 Å². The number of aromatic nitrogens is 3. The molecule has 6 nitrogen and oxygen atoms in total. The highest BCUT2D eigenvalue weighted by Crippen LogP contribution is 2.37. The van der Waals surface area contributed by atoms with Crippen molar-refractivity contribution in [1.29, 1.82) is 0 Å². The van der Waals surface area contributed by atoms with Crippen LogP contribution in [0.5, 0.6) is 0 Å². The summed E-state index contributed by atoms with van der Waals surface area (Å²) in [5.74, 6) is 0. The van der Waals surface area contributed by atoms with Crippen LogP contribution in [0.4, 0.5) is 10.5 Å². The van der Waals surface area contributed by atoms with Gasteiger partial charge in [-0.25, -0.2) is 4.79 Å². The van der Waals surface area contributed by atoms with Crippen LogP contribution in [0.3, 0.4) is 0 Å². The van der Waals surface area contributed by atoms with Gasteiger partial charge < -0.3 is 10.6 Å². The Balaban J connectivity index is 1.37. The molecule has 1 atom stereocenters. The average Bonchev–Trinajstić information content (AvgIpc) is 3.36. The molecule has 5 rings (SSSR count). The number of rotatable bonds is 3. The lowest BCUT2D eigenvalue weighted by atomic mass is 9.97. The summed E-state index contributed by atoms with van der Waals surface area (Å²) < 4.78 is 0. The standard InChI is InChI=1S/C22H19N5O/c28-22(25-19-7-2-8-21-18(19)13-24-27-21)26-20-10-9-16-15(5-1-6-17(16)20)14-4-3-11-23-12-14/h1-8,11-13,20H,9-10H2,(H,24,27)(H2,25,26,28). The van der Waals surface area contributed by atoms with Crippen LogP contribution >= 0.6 is 0 Å². The SMILES string of the molecule is O=C(Nc1cccc2[nH]ncc12)NC1CCc2c(-c3cccnc3)cccc21. The highest BCUT2D eigenvalue weighted by atomic mass is 16.2. The molecule has 0 fully saturated rings. The molecule has 0 aliphatic heterocycles. The molecule has 0 radical (unpaired) electrons. The molecule has 138 valence electrons. The molecular formula is C22H19N5O. The Kier molecular flexibility index (Phi) is 4.01. The maximum Gasteiger partial charge on any atom is 0.319 e. The number of amides is 2. The van der Waals surface area contributed by atoms with Gasteiger partial charge in [0.2, 0.25) is 0 Å². The zero-order valence-corrected chi connectivity index (χ0v) is 15.1. The first-order valence-electron chi connectivity index (χ1n) is 9.31. The van der Waals surface area contributed by atoms with Crippen molar-refractivity contribution in [1.82, 2.24) is 20.5 Å². The number of pyridine rings is 1. The van der Waals surface area contributed by atoms with Crippen LogP contribution in [0.2, 0.25) is 0 Å². The van der Waals surface area contributed by atoms with Crippen molar-refractivity contribution in [3.63, 3.8) is 0 Å². The Morgan fingerprint density at radius 3 is 2.89 bits per heavy atom. The van der Waals surface area contributed by atoms with Crippen molar-refractivity contribution in [2.24, 2.45) is 0 Å². The topological polar surface area (TPSA) is 82.7 Å². The first kappa shape index (κ1) is 16.5. The molecule has 2 amide bonds. The van der Waals surface area contributed by atoms with E-state index in [1.807, 2.05) is 36.5 Å². The van der Waals surface area contributed by atoms with E-state index in [0.717, 1.165) is 35.0 Å². The molecular weight excluding hydrogens is 350 g/mol. The fourth-order valence-electron chi connectivity index (χ4n) is 3.99. The van der Waals surface area contributed by atoms with Gasteiger partial charge in [-0.1, -0.05) is 30.3 Å². The molecule has 28 heavy (non-hydrogen) atoms. The minimum atomic E-state index is -0.210. The maximum atomic E-state index is 12.6. The molecule has 0 saturated carbocycles. The van der Waals surface area contributed by atoms with E-state index in [-0.39, 0.29) is 12.1 Å². The summed E-state index contributed by atoms with van der Waals surface area (Å²) in [5, 5.41) is 13.9. The number of nitrogens with zero attached hydrogens (tertiary/aromatic N) is 2. The van der Waals surface area contributed by atoms with Gasteiger partial charge in [0, 0.05) is 23.3 Å². The van der Waals surface area contributed by atoms with Gasteiger partial charge in [-0.2, -0.15) is 5.10 Å². The largest absolute Gasteiger partial charge is 0.331 e. The second-order valence-corrected chi connectivity index (χ2v) is 6.94. The van der Waals surface area contributed by atoms with Gasteiger partial charge in [-0.15, -0.1) is 0 Å². The van der Waals surface area contributed by atoms with Crippen molar-refractivity contribution in [2.75, 3.05) is 5.32 Å². The van der Waals surface area contributed by atoms with Gasteiger partial charge in [0.05, 0.1) is 23.4 Å². The normalized spacial score (nSPS) is 15.4. The zero-order chi connectivity index (χ0) is 18.9. The first-order valence-corrected chi connectivity index (χ1v) is 9.31. The Hall–Kier alpha value is -3.67. The van der Waals surface area contributed by atoms with E-state index in [0.29, 0.717) is 0 Å². The molecule has 3 N–H and O–H groups in total. The third kappa shape index (κ3) is 2.89. The number of carbonyl (C=O) groups is 1. The molecule has 1 unspecified atom stereocenters. The van der Waals surface area contributed by atoms with Gasteiger partial charge in [-0.05, 0) is 47.7 Å². The fraction of sp³-hybridized carbons (Fsp3) is 0.136. The lowest BCUT2D eigenvalue weighted by Crippen LogP contribution is -2.31. The number of hydrogen-bond acceptors (Lipinski definition) is 3. The summed E-state index contributed by atoms with van der Waals surface area (Å²) in [6.45, 7) is 0. The number of benzene rings is 2. The molecule has 1 aliphatic carbocycles. The summed E-state index contributed by atoms with van der Waals surface area (Å²) in [5.41, 5.74) is 6.40. The predicted octanol–water partition coefficient (Wildman–Crippen LogP) is 4.43. The molecule has 0 bridgehead atoms. The van der Waals surface area contributed by atoms with Crippen molar-refractivity contribution >= 4 is 22.6 Å². The summed E-state index contributed by atoms with van der Waals surface area (Å²) in [6.07, 6.45) is 7.20. The minimum absolute atomic E-state index is 0.00447. The first-order chi connectivity index (χ1) is 13.8. The maximum absolute atomic E-state index is 12.6. The van der Waals surface area contributed by atoms with Crippen molar-refractivity contribution in [3.05, 3.63) is 78.2 Å². The van der Waals surface area contributed by atoms with E-state index in [1.165, 1.54) is 16.7 Å². The van der Waals surface area contributed by atoms with E-state index < -0.39 is 0 Å². The molecule has 4 aromatic rings. The third-order valence-electron chi connectivity index (χ3n) is 5.28. The van der Waals surface area contributed by atoms with E-state index in [2.05, 4.69) is 44.0 Å². The number of carbonyl (C=O) groups excluding carboxylic acids is 1. The van der Waals surface area contributed by atoms with Gasteiger partial charge >= 0.3 is 6.03 Å². The van der Waals surface area contributed by atoms with Crippen LogP contribution in [0, 0.1) is 0 Å². The zero-order valence-electron chi connectivity index (χ0n) is 15.1. The number of hydrogen-bond donors (Lipinski definition) is 3. The van der Waals surface area contributed by atoms with E-state index in [1.54, 1.807) is 12.4 Å². The lowest BCUT2D eigenvalue weighted by Gasteiger charge is -2.16. The lowest BCUT2D eigenvalue weighted by molar-refractivity contribution is 0.248. The average molecular weight is 369 g/mol. The van der Waals surface area contributed by atoms with Crippen molar-refractivity contribution in [3.8, 4) is 11.1 Å². The summed E-state index contributed by atoms with van der Waals surface area (Å²) in [4.78, 5) is 16.9. The molecule has 6 heteroatoms. The number of fused-ring (bicyclic) bond motifs is 2. The van der Waals surface area contributed by atoms with Gasteiger partial charge in [0.1, 0.15) is 0 Å². The van der Waals surface area contributed by atoms with Gasteiger partial charge in [0.15, 0.2) is 0 Å². The number of aromatic amines is 1. The van der Waals surface area contributed by atoms with E-state index in [9.17, 15) is 4.79 Å². The number of nitrogens with one attached hydrogen (secondary N) is 3. The summed E-state index contributed by atoms with van der Waals surface area (Å²) in [7, 11) is 0. The molecule has 0 spiro atoms. The molecule has 2 aromatic carbocycles. The highest BCUT2D eigenvalue weighted by Gasteiger charge is 2.26. The summed E-state index contributed by atoms with van der Waals surface area (Å²) in [6, 6.07) is 15.8. The Morgan fingerprint density at radius 1 is 1.07 bits per heavy atom. The van der Waals surface area contributed by atoms with E-state index in [4.69, 9.17) is 0 Å². The van der Waals surface area contributed by atoms with E-state index >= 15 is 0 Å². The summed E-state index contributed by atoms with van der Waals surface area (Å²) >= 11 is 0. The van der Waals surface area contributed by atoms with Crippen LogP contribution in [-0.2, 0) is 6.42 Å². The number of anilines is 1. The Morgan fingerprint density at radius 2 is 2.00 bits per heavy atom. The smallest absolute Gasteiger partial charge is 0.319 e. The monoisotopic (exact) mass is 369 g/mol. The van der Waals surface area contributed by atoms with Gasteiger partial charge in [0.25, 0.3) is 0 Å². The number of urea groups is 1. The van der Waals surface area contributed by atoms with Crippen LogP contribution in [0.1, 0.15) is 23.6 Å². The van der Waals surface area contributed by atoms with Crippen LogP contribution in [-0.4, -0.2) is 21.2 Å². The number of H-pyrrole nitrogens is 1. The fourth-order valence-corrected chi connectivity index (χ4v) is 3.99.